The van der Waals surface area contributed by atoms with Crippen molar-refractivity contribution in [1.29, 1.82) is 0 Å². The van der Waals surface area contributed by atoms with Crippen LogP contribution in [0.3, 0.4) is 0 Å². The lowest BCUT2D eigenvalue weighted by atomic mass is 9.77. The minimum atomic E-state index is -3.37. The van der Waals surface area contributed by atoms with Crippen LogP contribution in [0, 0.1) is 17.8 Å². The van der Waals surface area contributed by atoms with E-state index in [1.807, 2.05) is 58.5 Å². The number of likely N-dealkylation sites (N-methyl/N-ethyl adjacent to an activating group) is 2. The average molecular weight is 1040 g/mol. The smallest absolute Gasteiger partial charge is 0.311 e. The molecule has 3 aliphatic heterocycles. The van der Waals surface area contributed by atoms with Gasteiger partial charge in [0, 0.05) is 63.5 Å². The summed E-state index contributed by atoms with van der Waals surface area (Å²) in [5, 5.41) is 57.2. The van der Waals surface area contributed by atoms with Gasteiger partial charge in [-0.05, 0) is 112 Å². The molecule has 2 aromatic rings. The Labute approximate surface area is 427 Å². The molecular weight excluding hydrogens is 956 g/mol. The van der Waals surface area contributed by atoms with Gasteiger partial charge in [-0.3, -0.25) is 4.79 Å². The number of ether oxygens (including phenoxy) is 6. The molecule has 0 saturated carbocycles. The van der Waals surface area contributed by atoms with Gasteiger partial charge in [0.15, 0.2) is 22.4 Å². The number of nitrogens with two attached hydrogens (primary N) is 1. The van der Waals surface area contributed by atoms with Gasteiger partial charge in [0.2, 0.25) is 0 Å². The van der Waals surface area contributed by atoms with Crippen molar-refractivity contribution in [3.8, 4) is 0 Å². The number of carbonyl (C=O) groups excluding carboxylic acids is 1. The number of cyclic esters (lactones) is 1. The molecule has 1 unspecified atom stereocenters. The third kappa shape index (κ3) is 14.2. The van der Waals surface area contributed by atoms with Gasteiger partial charge in [-0.15, -0.1) is 5.10 Å². The Morgan fingerprint density at radius 2 is 1.68 bits per heavy atom. The second kappa shape index (κ2) is 24.5. The van der Waals surface area contributed by atoms with E-state index in [4.69, 9.17) is 34.2 Å². The fourth-order valence-electron chi connectivity index (χ4n) is 11.1. The Kier molecular flexibility index (Phi) is 20.4. The minimum Gasteiger partial charge on any atom is -0.459 e. The number of aliphatic hydroxyl groups is 4. The van der Waals surface area contributed by atoms with Gasteiger partial charge < -0.3 is 64.4 Å². The zero-order chi connectivity index (χ0) is 53.8. The Morgan fingerprint density at radius 3 is 2.28 bits per heavy atom. The number of alkyl halides is 1. The second-order valence-electron chi connectivity index (χ2n) is 22.1. The van der Waals surface area contributed by atoms with E-state index in [1.54, 1.807) is 53.1 Å². The summed E-state index contributed by atoms with van der Waals surface area (Å²) in [6.07, 6.45) is -4.44. The maximum absolute atomic E-state index is 14.5. The van der Waals surface area contributed by atoms with Crippen LogP contribution in [0.15, 0.2) is 35.4 Å². The highest BCUT2D eigenvalue weighted by atomic mass is 32.2. The first kappa shape index (κ1) is 60.1. The molecule has 3 fully saturated rings. The molecular formula is C51H87FN6O13S. The fourth-order valence-corrected chi connectivity index (χ4v) is 11.8. The fraction of sp³-hybridized carbons (Fsp3) is 0.824. The van der Waals surface area contributed by atoms with Crippen LogP contribution in [0.1, 0.15) is 112 Å². The van der Waals surface area contributed by atoms with Crippen molar-refractivity contribution in [3.05, 3.63) is 41.7 Å². The van der Waals surface area contributed by atoms with E-state index in [-0.39, 0.29) is 36.5 Å². The van der Waals surface area contributed by atoms with Crippen molar-refractivity contribution in [2.24, 2.45) is 23.5 Å². The molecule has 1 aromatic carbocycles. The molecule has 19 nitrogen and oxygen atoms in total. The topological polar surface area (TPSA) is 251 Å². The lowest BCUT2D eigenvalue weighted by molar-refractivity contribution is -0.311. The van der Waals surface area contributed by atoms with E-state index in [9.17, 15) is 38.0 Å². The number of methoxy groups -OCH3 is 1. The standard InChI is InChI=1S/C51H87FN6O13S/c1-15-40-51(10,63)45(60)33(6)57(12)27-29(2)24-49(8,62)46(31(4)43(32(5)47(61)69-40)70-41-25-50(9,66-13)44(53)34(7)68-41)71-48-42(59)39(22-30(3)67-48)56(11)21-20-36-28-58(55-54-36)37(26-52)23-35-16-18-38(19-17-35)72(14,64)65/h16-19,28-34,37,39-46,48,59-60,62-63H,15,20-27,53H2,1-14H3/t29-,30-,31+,32-,33-,34+,37?,39+,40-,41+,42-,43+,44+,45-,46-,48+,49-,50-,51-/m1/s1. The molecule has 1 aromatic heterocycles. The highest BCUT2D eigenvalue weighted by molar-refractivity contribution is 7.90. The summed E-state index contributed by atoms with van der Waals surface area (Å²) in [7, 11) is 1.90. The zero-order valence-electron chi connectivity index (χ0n) is 45.1. The summed E-state index contributed by atoms with van der Waals surface area (Å²) in [4.78, 5) is 18.6. The molecule has 6 N–H and O–H groups in total. The van der Waals surface area contributed by atoms with Crippen LogP contribution in [0.5, 0.6) is 0 Å². The van der Waals surface area contributed by atoms with Crippen LogP contribution in [-0.4, -0.2) is 197 Å². The summed E-state index contributed by atoms with van der Waals surface area (Å²) in [6, 6.07) is 4.11. The summed E-state index contributed by atoms with van der Waals surface area (Å²) in [6.45, 7) is 17.8. The van der Waals surface area contributed by atoms with Crippen molar-refractivity contribution in [2.75, 3.05) is 47.2 Å². The van der Waals surface area contributed by atoms with Crippen LogP contribution in [-0.2, 0) is 55.9 Å². The largest absolute Gasteiger partial charge is 0.459 e. The van der Waals surface area contributed by atoms with Gasteiger partial charge in [0.05, 0.1) is 64.2 Å². The molecule has 21 heteroatoms. The molecule has 4 heterocycles. The number of halogens is 1. The SMILES string of the molecule is CC[C@H]1OC(=O)[C@H](C)[C@@H](O[C@H]2C[C@@](C)(OC)[C@@H](N)[C@H](C)O2)[C@H](C)[C@@H](O[C@@H]2O[C@H](C)C[C@H](N(C)CCc3cn(C(CF)Cc4ccc(S(C)(=O)=O)cc4)nn3)[C@H]2O)[C@](C)(O)C[C@@H](C)CN(C)[C@H](C)[C@@H](O)[C@]1(C)O. The van der Waals surface area contributed by atoms with Gasteiger partial charge in [0.25, 0.3) is 0 Å². The molecule has 0 spiro atoms. The first-order valence-electron chi connectivity index (χ1n) is 25.6. The lowest BCUT2D eigenvalue weighted by Crippen LogP contribution is -2.62. The zero-order valence-corrected chi connectivity index (χ0v) is 45.9. The van der Waals surface area contributed by atoms with Crippen molar-refractivity contribution in [1.82, 2.24) is 24.8 Å². The molecule has 412 valence electrons. The molecule has 0 radical (unpaired) electrons. The maximum Gasteiger partial charge on any atom is 0.311 e. The molecule has 0 bridgehead atoms. The molecule has 5 rings (SSSR count). The number of rotatable bonds is 15. The Hall–Kier alpha value is -2.77. The van der Waals surface area contributed by atoms with E-state index >= 15 is 0 Å². The van der Waals surface area contributed by atoms with E-state index in [1.165, 1.54) is 23.7 Å². The van der Waals surface area contributed by atoms with Gasteiger partial charge >= 0.3 is 5.97 Å². The Bertz CT molecular complexity index is 2160. The predicted octanol–water partition coefficient (Wildman–Crippen LogP) is 3.23. The molecule has 19 atom stereocenters. The normalized spacial score (nSPS) is 39.8. The number of hydrogen-bond donors (Lipinski definition) is 5. The minimum absolute atomic E-state index is 0.170. The number of aromatic nitrogens is 3. The van der Waals surface area contributed by atoms with E-state index in [2.05, 4.69) is 10.3 Å². The highest BCUT2D eigenvalue weighted by Gasteiger charge is 2.52. The first-order valence-corrected chi connectivity index (χ1v) is 27.5. The molecule has 3 aliphatic rings. The highest BCUT2D eigenvalue weighted by Crippen LogP contribution is 2.40. The Balaban J connectivity index is 1.43. The van der Waals surface area contributed by atoms with Gasteiger partial charge in [-0.2, -0.15) is 0 Å². The van der Waals surface area contributed by atoms with Crippen molar-refractivity contribution < 1.29 is 66.5 Å². The van der Waals surface area contributed by atoms with Crippen LogP contribution in [0.25, 0.3) is 0 Å². The predicted molar refractivity (Wildman–Crippen MR) is 267 cm³/mol. The van der Waals surface area contributed by atoms with Gasteiger partial charge in [-0.1, -0.05) is 38.1 Å². The molecule has 0 aliphatic carbocycles. The van der Waals surface area contributed by atoms with Crippen molar-refractivity contribution >= 4 is 15.8 Å². The Morgan fingerprint density at radius 1 is 1.03 bits per heavy atom. The number of aliphatic hydroxyl groups excluding tert-OH is 2. The van der Waals surface area contributed by atoms with Crippen molar-refractivity contribution in [2.45, 2.75) is 209 Å². The number of benzene rings is 1. The van der Waals surface area contributed by atoms with Gasteiger partial charge in [-0.25, -0.2) is 17.5 Å². The summed E-state index contributed by atoms with van der Waals surface area (Å²) in [5.74, 6) is -2.80. The van der Waals surface area contributed by atoms with E-state index in [0.29, 0.717) is 31.6 Å². The summed E-state index contributed by atoms with van der Waals surface area (Å²) >= 11 is 0. The van der Waals surface area contributed by atoms with Crippen LogP contribution in [0.4, 0.5) is 4.39 Å². The van der Waals surface area contributed by atoms with Crippen LogP contribution in [0.2, 0.25) is 0 Å². The van der Waals surface area contributed by atoms with E-state index in [0.717, 1.165) is 11.8 Å². The third-order valence-corrected chi connectivity index (χ3v) is 17.0. The van der Waals surface area contributed by atoms with Crippen LogP contribution >= 0.6 is 0 Å². The monoisotopic (exact) mass is 1040 g/mol. The number of sulfone groups is 1. The summed E-state index contributed by atoms with van der Waals surface area (Å²) < 4.78 is 78.3. The molecule has 72 heavy (non-hydrogen) atoms. The second-order valence-corrected chi connectivity index (χ2v) is 24.1. The third-order valence-electron chi connectivity index (χ3n) is 15.9. The van der Waals surface area contributed by atoms with E-state index < -0.39 is 131 Å². The first-order chi connectivity index (χ1) is 33.5. The maximum atomic E-state index is 14.5. The van der Waals surface area contributed by atoms with Crippen LogP contribution < -0.4 is 5.73 Å². The number of hydrogen-bond acceptors (Lipinski definition) is 18. The van der Waals surface area contributed by atoms with Gasteiger partial charge in [0.1, 0.15) is 30.6 Å². The number of carbonyl (C=O) groups is 1. The summed E-state index contributed by atoms with van der Waals surface area (Å²) in [5.41, 5.74) is 3.56. The molecule has 3 saturated heterocycles. The van der Waals surface area contributed by atoms with Crippen molar-refractivity contribution in [3.63, 3.8) is 0 Å². The molecule has 0 amide bonds. The average Bonchev–Trinajstić information content (AvgIpc) is 3.79. The lowest BCUT2D eigenvalue weighted by Gasteiger charge is -2.49. The quantitative estimate of drug-likeness (QED) is 0.161. The number of esters is 1. The number of nitrogens with zero attached hydrogens (tertiary/aromatic N) is 5.